The molecule has 1 unspecified atom stereocenters. The van der Waals surface area contributed by atoms with Gasteiger partial charge in [0.05, 0.1) is 4.92 Å². The Morgan fingerprint density at radius 3 is 2.77 bits per heavy atom. The Bertz CT molecular complexity index is 900. The Morgan fingerprint density at radius 2 is 2.14 bits per heavy atom. The largest absolute Gasteiger partial charge is 0.457 e. The number of hydrogen-bond acceptors (Lipinski definition) is 5. The fraction of sp³-hybridized carbons (Fsp3) is 0.133. The number of ether oxygens (including phenoxy) is 1. The minimum absolute atomic E-state index is 0.128. The molecule has 0 spiro atoms. The maximum Gasteiger partial charge on any atom is 0.270 e. The van der Waals surface area contributed by atoms with Gasteiger partial charge in [-0.15, -0.1) is 0 Å². The van der Waals surface area contributed by atoms with Gasteiger partial charge in [0.25, 0.3) is 5.69 Å². The summed E-state index contributed by atoms with van der Waals surface area (Å²) in [5.41, 5.74) is 0.696. The molecule has 2 aromatic carbocycles. The van der Waals surface area contributed by atoms with Crippen LogP contribution in [0.3, 0.4) is 0 Å². The predicted molar refractivity (Wildman–Crippen MR) is 77.0 cm³/mol. The van der Waals surface area contributed by atoms with Gasteiger partial charge >= 0.3 is 0 Å². The second-order valence-corrected chi connectivity index (χ2v) is 4.68. The summed E-state index contributed by atoms with van der Waals surface area (Å²) in [5.74, 6) is 0.134. The van der Waals surface area contributed by atoms with Crippen molar-refractivity contribution in [3.8, 4) is 5.75 Å². The highest BCUT2D eigenvalue weighted by molar-refractivity contribution is 6.14. The molecule has 0 N–H and O–H groups in total. The summed E-state index contributed by atoms with van der Waals surface area (Å²) in [6.45, 7) is 1.22. The number of fused-ring (bicyclic) bond motifs is 3. The summed E-state index contributed by atoms with van der Waals surface area (Å²) in [7, 11) is 0. The zero-order valence-electron chi connectivity index (χ0n) is 11.4. The van der Waals surface area contributed by atoms with E-state index >= 15 is 0 Å². The number of nitrogens with zero attached hydrogens (tertiary/aromatic N) is 1. The molecule has 0 aliphatic heterocycles. The van der Waals surface area contributed by atoms with Crippen LogP contribution in [-0.2, 0) is 0 Å². The van der Waals surface area contributed by atoms with Crippen molar-refractivity contribution in [2.24, 2.45) is 0 Å². The third-order valence-electron chi connectivity index (χ3n) is 3.23. The number of hydrogen-bond donors (Lipinski definition) is 0. The molecule has 0 fully saturated rings. The number of halogens is 1. The highest BCUT2D eigenvalue weighted by Crippen LogP contribution is 2.38. The molecule has 3 rings (SSSR count). The number of nitro groups is 1. The molecular weight excluding hydrogens is 293 g/mol. The summed E-state index contributed by atoms with van der Waals surface area (Å²) in [4.78, 5) is 21.6. The van der Waals surface area contributed by atoms with Crippen molar-refractivity contribution in [1.29, 1.82) is 0 Å². The monoisotopic (exact) mass is 303 g/mol. The molecule has 3 aromatic rings. The van der Waals surface area contributed by atoms with Crippen LogP contribution in [0.2, 0.25) is 0 Å². The van der Waals surface area contributed by atoms with E-state index in [1.165, 1.54) is 37.3 Å². The SMILES string of the molecule is CC(F)Oc1ccc(C=O)c2c1oc1ccc([N+](=O)[O-])cc12. The van der Waals surface area contributed by atoms with Crippen LogP contribution in [0.15, 0.2) is 34.7 Å². The fourth-order valence-electron chi connectivity index (χ4n) is 2.35. The smallest absolute Gasteiger partial charge is 0.270 e. The van der Waals surface area contributed by atoms with Crippen molar-refractivity contribution >= 4 is 33.9 Å². The number of carbonyl (C=O) groups excluding carboxylic acids is 1. The quantitative estimate of drug-likeness (QED) is 0.413. The van der Waals surface area contributed by atoms with E-state index in [0.29, 0.717) is 22.6 Å². The van der Waals surface area contributed by atoms with Gasteiger partial charge in [0.1, 0.15) is 5.58 Å². The van der Waals surface area contributed by atoms with Gasteiger partial charge in [-0.3, -0.25) is 14.9 Å². The second-order valence-electron chi connectivity index (χ2n) is 4.68. The topological polar surface area (TPSA) is 82.6 Å². The first-order valence-corrected chi connectivity index (χ1v) is 6.41. The van der Waals surface area contributed by atoms with Gasteiger partial charge in [0.2, 0.25) is 6.36 Å². The standard InChI is InChI=1S/C15H10FNO5/c1-8(16)21-13-4-2-9(7-18)14-11-6-10(17(19)20)3-5-12(11)22-15(13)14/h2-8H,1H3. The molecule has 0 bridgehead atoms. The molecular formula is C15H10FNO5. The van der Waals surface area contributed by atoms with Crippen molar-refractivity contribution in [2.45, 2.75) is 13.3 Å². The van der Waals surface area contributed by atoms with Gasteiger partial charge in [0, 0.05) is 35.4 Å². The van der Waals surface area contributed by atoms with Crippen LogP contribution in [0.1, 0.15) is 17.3 Å². The summed E-state index contributed by atoms with van der Waals surface area (Å²) >= 11 is 0. The van der Waals surface area contributed by atoms with E-state index in [9.17, 15) is 19.3 Å². The number of aldehydes is 1. The summed E-state index contributed by atoms with van der Waals surface area (Å²) in [5, 5.41) is 11.7. The number of rotatable bonds is 4. The highest BCUT2D eigenvalue weighted by Gasteiger charge is 2.19. The molecule has 0 radical (unpaired) electrons. The third kappa shape index (κ3) is 2.16. The molecule has 0 aliphatic rings. The first-order chi connectivity index (χ1) is 10.5. The normalized spacial score (nSPS) is 12.5. The molecule has 0 aliphatic carbocycles. The number of furan rings is 1. The van der Waals surface area contributed by atoms with Gasteiger partial charge < -0.3 is 9.15 Å². The Morgan fingerprint density at radius 1 is 1.36 bits per heavy atom. The van der Waals surface area contributed by atoms with E-state index in [1.807, 2.05) is 0 Å². The first-order valence-electron chi connectivity index (χ1n) is 6.41. The summed E-state index contributed by atoms with van der Waals surface area (Å²) in [6, 6.07) is 6.94. The van der Waals surface area contributed by atoms with Crippen molar-refractivity contribution in [1.82, 2.24) is 0 Å². The molecule has 0 amide bonds. The molecule has 1 aromatic heterocycles. The molecule has 0 saturated heterocycles. The van der Waals surface area contributed by atoms with E-state index in [0.717, 1.165) is 0 Å². The lowest BCUT2D eigenvalue weighted by Crippen LogP contribution is -2.04. The molecule has 22 heavy (non-hydrogen) atoms. The van der Waals surface area contributed by atoms with Crippen LogP contribution in [0.5, 0.6) is 5.75 Å². The third-order valence-corrected chi connectivity index (χ3v) is 3.23. The van der Waals surface area contributed by atoms with Crippen molar-refractivity contribution < 1.29 is 23.3 Å². The van der Waals surface area contributed by atoms with E-state index < -0.39 is 11.3 Å². The maximum absolute atomic E-state index is 13.1. The van der Waals surface area contributed by atoms with Gasteiger partial charge in [0.15, 0.2) is 17.6 Å². The number of alkyl halides is 1. The van der Waals surface area contributed by atoms with E-state index in [4.69, 9.17) is 9.15 Å². The average Bonchev–Trinajstić information content (AvgIpc) is 2.86. The van der Waals surface area contributed by atoms with E-state index in [1.54, 1.807) is 0 Å². The second kappa shape index (κ2) is 5.10. The zero-order chi connectivity index (χ0) is 15.9. The number of benzene rings is 2. The van der Waals surface area contributed by atoms with E-state index in [2.05, 4.69) is 0 Å². The molecule has 1 heterocycles. The number of non-ortho nitro benzene ring substituents is 1. The molecule has 1 atom stereocenters. The van der Waals surface area contributed by atoms with E-state index in [-0.39, 0.29) is 22.6 Å². The number of nitro benzene ring substituents is 1. The van der Waals surface area contributed by atoms with Crippen LogP contribution < -0.4 is 4.74 Å². The van der Waals surface area contributed by atoms with Gasteiger partial charge in [-0.25, -0.2) is 4.39 Å². The Labute approximate surface area is 123 Å². The van der Waals surface area contributed by atoms with Crippen molar-refractivity contribution in [3.63, 3.8) is 0 Å². The Hall–Kier alpha value is -2.96. The first kappa shape index (κ1) is 14.0. The maximum atomic E-state index is 13.1. The summed E-state index contributed by atoms with van der Waals surface area (Å²) < 4.78 is 23.7. The zero-order valence-corrected chi connectivity index (χ0v) is 11.4. The number of carbonyl (C=O) groups is 1. The lowest BCUT2D eigenvalue weighted by Gasteiger charge is -2.07. The minimum Gasteiger partial charge on any atom is -0.457 e. The van der Waals surface area contributed by atoms with Crippen LogP contribution in [0.4, 0.5) is 10.1 Å². The molecule has 112 valence electrons. The average molecular weight is 303 g/mol. The lowest BCUT2D eigenvalue weighted by atomic mass is 10.1. The van der Waals surface area contributed by atoms with Gasteiger partial charge in [-0.1, -0.05) is 0 Å². The van der Waals surface area contributed by atoms with Gasteiger partial charge in [-0.2, -0.15) is 0 Å². The molecule has 7 heteroatoms. The summed E-state index contributed by atoms with van der Waals surface area (Å²) in [6.07, 6.45) is -0.952. The Kier molecular flexibility index (Phi) is 3.25. The van der Waals surface area contributed by atoms with Crippen molar-refractivity contribution in [3.05, 3.63) is 46.0 Å². The van der Waals surface area contributed by atoms with Crippen molar-refractivity contribution in [2.75, 3.05) is 0 Å². The van der Waals surface area contributed by atoms with Gasteiger partial charge in [-0.05, 0) is 18.2 Å². The predicted octanol–water partition coefficient (Wildman–Crippen LogP) is 4.00. The molecule has 6 nitrogen and oxygen atoms in total. The highest BCUT2D eigenvalue weighted by atomic mass is 19.1. The lowest BCUT2D eigenvalue weighted by molar-refractivity contribution is -0.384. The molecule has 0 saturated carbocycles. The van der Waals surface area contributed by atoms with Crippen LogP contribution >= 0.6 is 0 Å². The fourth-order valence-corrected chi connectivity index (χ4v) is 2.35. The Balaban J connectivity index is 2.39. The minimum atomic E-state index is -1.56. The van der Waals surface area contributed by atoms with Crippen LogP contribution in [-0.4, -0.2) is 17.6 Å². The van der Waals surface area contributed by atoms with Crippen LogP contribution in [0.25, 0.3) is 21.9 Å². The van der Waals surface area contributed by atoms with Crippen LogP contribution in [0, 0.1) is 10.1 Å².